The summed E-state index contributed by atoms with van der Waals surface area (Å²) in [6, 6.07) is 9.04. The first-order valence-electron chi connectivity index (χ1n) is 9.97. The van der Waals surface area contributed by atoms with E-state index < -0.39 is 20.9 Å². The van der Waals surface area contributed by atoms with Crippen LogP contribution in [0.25, 0.3) is 10.9 Å². The summed E-state index contributed by atoms with van der Waals surface area (Å²) < 4.78 is 44.0. The molecule has 9 nitrogen and oxygen atoms in total. The first-order chi connectivity index (χ1) is 15.7. The molecule has 3 heterocycles. The van der Waals surface area contributed by atoms with Gasteiger partial charge in [0.15, 0.2) is 11.4 Å². The Morgan fingerprint density at radius 1 is 1.33 bits per heavy atom. The topological polar surface area (TPSA) is 122 Å². The first kappa shape index (κ1) is 23.4. The smallest absolute Gasteiger partial charge is 0.274 e. The highest BCUT2D eigenvalue weighted by atomic mass is 33.1. The Hall–Kier alpha value is -2.80. The SMILES string of the molecule is CS(=O)(=O)SN1CCOC(c2nc(C(=O)NCc3ccc(F)cc3)c(O)c3ncccc23)C1. The van der Waals surface area contributed by atoms with Gasteiger partial charge in [-0.25, -0.2) is 22.1 Å². The largest absolute Gasteiger partial charge is 0.504 e. The Morgan fingerprint density at radius 3 is 2.82 bits per heavy atom. The lowest BCUT2D eigenvalue weighted by Gasteiger charge is -2.31. The molecule has 2 N–H and O–H groups in total. The standard InChI is InChI=1S/C21H21FN4O5S2/c1-33(29,30)32-26-9-10-31-16(12-26)17-15-3-2-8-23-18(15)20(27)19(25-17)21(28)24-11-13-4-6-14(22)7-5-13/h2-8,16,27H,9-12H2,1H3,(H,24,28). The van der Waals surface area contributed by atoms with E-state index in [9.17, 15) is 22.7 Å². The molecule has 1 aromatic carbocycles. The van der Waals surface area contributed by atoms with Crippen LogP contribution in [-0.4, -0.2) is 59.7 Å². The average molecular weight is 493 g/mol. The fraction of sp³-hybridized carbons (Fsp3) is 0.286. The van der Waals surface area contributed by atoms with Crippen LogP contribution in [0.1, 0.15) is 27.8 Å². The molecule has 0 radical (unpaired) electrons. The number of hydrogen-bond acceptors (Lipinski definition) is 9. The van der Waals surface area contributed by atoms with Gasteiger partial charge in [-0.1, -0.05) is 12.1 Å². The number of rotatable bonds is 6. The summed E-state index contributed by atoms with van der Waals surface area (Å²) in [7, 11) is -2.58. The van der Waals surface area contributed by atoms with E-state index in [1.54, 1.807) is 28.6 Å². The van der Waals surface area contributed by atoms with Crippen LogP contribution in [-0.2, 0) is 20.2 Å². The molecule has 1 fully saturated rings. The summed E-state index contributed by atoms with van der Waals surface area (Å²) in [6.45, 7) is 1.00. The highest BCUT2D eigenvalue weighted by molar-refractivity contribution is 8.70. The van der Waals surface area contributed by atoms with E-state index in [1.165, 1.54) is 18.3 Å². The molecule has 174 valence electrons. The number of fused-ring (bicyclic) bond motifs is 1. The van der Waals surface area contributed by atoms with Crippen LogP contribution in [0, 0.1) is 5.82 Å². The molecule has 1 atom stereocenters. The van der Waals surface area contributed by atoms with Gasteiger partial charge in [0.05, 0.1) is 29.5 Å². The van der Waals surface area contributed by atoms with Crippen molar-refractivity contribution >= 4 is 36.7 Å². The molecule has 1 unspecified atom stereocenters. The van der Waals surface area contributed by atoms with Crippen molar-refractivity contribution in [3.63, 3.8) is 0 Å². The number of benzene rings is 1. The number of amides is 1. The summed E-state index contributed by atoms with van der Waals surface area (Å²) in [5, 5.41) is 13.9. The van der Waals surface area contributed by atoms with Gasteiger partial charge < -0.3 is 15.2 Å². The molecule has 0 spiro atoms. The molecular weight excluding hydrogens is 471 g/mol. The van der Waals surface area contributed by atoms with E-state index in [1.807, 2.05) is 0 Å². The van der Waals surface area contributed by atoms with Crippen LogP contribution in [0.3, 0.4) is 0 Å². The summed E-state index contributed by atoms with van der Waals surface area (Å²) in [6.07, 6.45) is 1.98. The number of carbonyl (C=O) groups excluding carboxylic acids is 1. The highest BCUT2D eigenvalue weighted by Crippen LogP contribution is 2.35. The zero-order valence-electron chi connectivity index (χ0n) is 17.6. The predicted octanol–water partition coefficient (Wildman–Crippen LogP) is 2.39. The van der Waals surface area contributed by atoms with E-state index in [0.717, 1.165) is 17.2 Å². The monoisotopic (exact) mass is 492 g/mol. The maximum Gasteiger partial charge on any atom is 0.274 e. The third kappa shape index (κ3) is 5.58. The Bertz CT molecular complexity index is 1290. The first-order valence-corrected chi connectivity index (χ1v) is 13.2. The Kier molecular flexibility index (Phi) is 6.79. The molecule has 1 aliphatic heterocycles. The second kappa shape index (κ2) is 9.59. The third-order valence-electron chi connectivity index (χ3n) is 4.92. The minimum Gasteiger partial charge on any atom is -0.504 e. The summed E-state index contributed by atoms with van der Waals surface area (Å²) in [5.41, 5.74) is 1.01. The minimum atomic E-state index is -3.31. The second-order valence-corrected chi connectivity index (χ2v) is 11.8. The van der Waals surface area contributed by atoms with Crippen molar-refractivity contribution in [2.45, 2.75) is 12.6 Å². The molecule has 12 heteroatoms. The van der Waals surface area contributed by atoms with Gasteiger partial charge in [0.2, 0.25) is 8.87 Å². The van der Waals surface area contributed by atoms with E-state index in [4.69, 9.17) is 4.74 Å². The lowest BCUT2D eigenvalue weighted by atomic mass is 10.1. The Morgan fingerprint density at radius 2 is 2.09 bits per heavy atom. The van der Waals surface area contributed by atoms with Crippen molar-refractivity contribution in [2.75, 3.05) is 26.0 Å². The zero-order valence-corrected chi connectivity index (χ0v) is 19.2. The number of aromatic hydroxyl groups is 1. The number of carbonyl (C=O) groups is 1. The van der Waals surface area contributed by atoms with E-state index in [0.29, 0.717) is 23.2 Å². The van der Waals surface area contributed by atoms with Crippen molar-refractivity contribution in [3.8, 4) is 5.75 Å². The molecule has 0 aliphatic carbocycles. The number of aromatic nitrogens is 2. The van der Waals surface area contributed by atoms with E-state index in [-0.39, 0.29) is 42.5 Å². The average Bonchev–Trinajstić information content (AvgIpc) is 2.78. The van der Waals surface area contributed by atoms with Crippen molar-refractivity contribution < 1.29 is 27.4 Å². The van der Waals surface area contributed by atoms with Crippen LogP contribution < -0.4 is 5.32 Å². The molecule has 1 amide bonds. The van der Waals surface area contributed by atoms with Gasteiger partial charge >= 0.3 is 0 Å². The number of nitrogens with one attached hydrogen (secondary N) is 1. The molecular formula is C21H21FN4O5S2. The number of hydrogen-bond donors (Lipinski definition) is 2. The quantitative estimate of drug-likeness (QED) is 0.394. The summed E-state index contributed by atoms with van der Waals surface area (Å²) >= 11 is 0. The molecule has 0 saturated carbocycles. The van der Waals surface area contributed by atoms with Gasteiger partial charge in [0, 0.05) is 31.2 Å². The Labute approximate surface area is 193 Å². The molecule has 2 aromatic heterocycles. The van der Waals surface area contributed by atoms with Gasteiger partial charge in [-0.3, -0.25) is 9.78 Å². The van der Waals surface area contributed by atoms with Crippen LogP contribution in [0.4, 0.5) is 4.39 Å². The van der Waals surface area contributed by atoms with Gasteiger partial charge in [-0.2, -0.15) is 0 Å². The second-order valence-electron chi connectivity index (χ2n) is 7.43. The molecule has 1 aliphatic rings. The number of morpholine rings is 1. The fourth-order valence-corrected chi connectivity index (χ4v) is 5.75. The molecule has 4 rings (SSSR count). The van der Waals surface area contributed by atoms with Gasteiger partial charge in [0.1, 0.15) is 17.4 Å². The number of nitrogens with zero attached hydrogens (tertiary/aromatic N) is 3. The van der Waals surface area contributed by atoms with E-state index in [2.05, 4.69) is 15.3 Å². The summed E-state index contributed by atoms with van der Waals surface area (Å²) in [4.78, 5) is 21.5. The van der Waals surface area contributed by atoms with Crippen LogP contribution >= 0.6 is 11.0 Å². The predicted molar refractivity (Wildman–Crippen MR) is 121 cm³/mol. The molecule has 3 aromatic rings. The van der Waals surface area contributed by atoms with Crippen LogP contribution in [0.15, 0.2) is 42.6 Å². The molecule has 33 heavy (non-hydrogen) atoms. The van der Waals surface area contributed by atoms with Crippen molar-refractivity contribution in [3.05, 3.63) is 65.4 Å². The fourth-order valence-electron chi connectivity index (χ4n) is 3.47. The number of ether oxygens (including phenoxy) is 1. The normalized spacial score (nSPS) is 17.2. The van der Waals surface area contributed by atoms with Crippen molar-refractivity contribution in [2.24, 2.45) is 0 Å². The van der Waals surface area contributed by atoms with Gasteiger partial charge in [-0.05, 0) is 29.8 Å². The lowest BCUT2D eigenvalue weighted by molar-refractivity contribution is -0.000645. The highest BCUT2D eigenvalue weighted by Gasteiger charge is 2.30. The third-order valence-corrected chi connectivity index (χ3v) is 7.18. The van der Waals surface area contributed by atoms with Crippen molar-refractivity contribution in [1.29, 1.82) is 0 Å². The Balaban J connectivity index is 1.65. The van der Waals surface area contributed by atoms with Gasteiger partial charge in [0.25, 0.3) is 5.91 Å². The number of pyridine rings is 2. The van der Waals surface area contributed by atoms with Crippen molar-refractivity contribution in [1.82, 2.24) is 19.6 Å². The van der Waals surface area contributed by atoms with Crippen LogP contribution in [0.2, 0.25) is 0 Å². The summed E-state index contributed by atoms with van der Waals surface area (Å²) in [5.74, 6) is -1.39. The maximum absolute atomic E-state index is 13.1. The lowest BCUT2D eigenvalue weighted by Crippen LogP contribution is -2.35. The zero-order chi connectivity index (χ0) is 23.6. The van der Waals surface area contributed by atoms with Gasteiger partial charge in [-0.15, -0.1) is 0 Å². The van der Waals surface area contributed by atoms with Crippen LogP contribution in [0.5, 0.6) is 5.75 Å². The van der Waals surface area contributed by atoms with E-state index >= 15 is 0 Å². The molecule has 1 saturated heterocycles. The molecule has 0 bridgehead atoms. The minimum absolute atomic E-state index is 0.106. The maximum atomic E-state index is 13.1. The number of halogens is 1.